The van der Waals surface area contributed by atoms with Crippen LogP contribution < -0.4 is 10.6 Å². The summed E-state index contributed by atoms with van der Waals surface area (Å²) in [6.45, 7) is 7.70. The second-order valence-corrected chi connectivity index (χ2v) is 7.45. The Morgan fingerprint density at radius 1 is 1.00 bits per heavy atom. The maximum atomic E-state index is 12.9. The van der Waals surface area contributed by atoms with Crippen LogP contribution in [-0.4, -0.2) is 18.4 Å². The summed E-state index contributed by atoms with van der Waals surface area (Å²) >= 11 is 0. The van der Waals surface area contributed by atoms with Gasteiger partial charge in [0, 0.05) is 12.2 Å². The second-order valence-electron chi connectivity index (χ2n) is 7.45. The normalized spacial score (nSPS) is 11.3. The average molecular weight is 370 g/mol. The molecule has 0 atom stereocenters. The van der Waals surface area contributed by atoms with Gasteiger partial charge in [0.15, 0.2) is 0 Å². The summed E-state index contributed by atoms with van der Waals surface area (Å²) in [6, 6.07) is 13.7. The first-order valence-electron chi connectivity index (χ1n) is 9.15. The van der Waals surface area contributed by atoms with Gasteiger partial charge in [-0.3, -0.25) is 9.59 Å². The van der Waals surface area contributed by atoms with Crippen LogP contribution in [0.2, 0.25) is 0 Å². The molecule has 4 nitrogen and oxygen atoms in total. The SMILES string of the molecule is CC(C)c1ccccc1NC(=O)C(C)(C)C(=O)NCCc1ccc(F)cc1. The standard InChI is InChI=1S/C22H27FN2O2/c1-15(2)18-7-5-6-8-19(18)25-21(27)22(3,4)20(26)24-14-13-16-9-11-17(23)12-10-16/h5-12,15H,13-14H2,1-4H3,(H,24,26)(H,25,27). The van der Waals surface area contributed by atoms with Crippen molar-refractivity contribution in [3.05, 3.63) is 65.5 Å². The van der Waals surface area contributed by atoms with Crippen LogP contribution in [0.4, 0.5) is 10.1 Å². The zero-order valence-corrected chi connectivity index (χ0v) is 16.3. The number of hydrogen-bond acceptors (Lipinski definition) is 2. The summed E-state index contributed by atoms with van der Waals surface area (Å²) in [6.07, 6.45) is 0.569. The van der Waals surface area contributed by atoms with Crippen LogP contribution in [0, 0.1) is 11.2 Å². The highest BCUT2D eigenvalue weighted by Gasteiger charge is 2.36. The monoisotopic (exact) mass is 370 g/mol. The quantitative estimate of drug-likeness (QED) is 0.715. The summed E-state index contributed by atoms with van der Waals surface area (Å²) in [5.41, 5.74) is 1.46. The Balaban J connectivity index is 1.96. The Kier molecular flexibility index (Phi) is 6.72. The van der Waals surface area contributed by atoms with Crippen LogP contribution in [0.1, 0.15) is 44.7 Å². The van der Waals surface area contributed by atoms with E-state index in [2.05, 4.69) is 24.5 Å². The minimum Gasteiger partial charge on any atom is -0.355 e. The van der Waals surface area contributed by atoms with Gasteiger partial charge in [0.2, 0.25) is 11.8 Å². The molecular formula is C22H27FN2O2. The Morgan fingerprint density at radius 3 is 2.26 bits per heavy atom. The first-order valence-corrected chi connectivity index (χ1v) is 9.15. The van der Waals surface area contributed by atoms with Gasteiger partial charge in [0.05, 0.1) is 0 Å². The van der Waals surface area contributed by atoms with Crippen LogP contribution in [-0.2, 0) is 16.0 Å². The molecule has 2 amide bonds. The lowest BCUT2D eigenvalue weighted by Crippen LogP contribution is -2.45. The fourth-order valence-corrected chi connectivity index (χ4v) is 2.69. The molecule has 5 heteroatoms. The number of para-hydroxylation sites is 1. The summed E-state index contributed by atoms with van der Waals surface area (Å²) in [5.74, 6) is -0.726. The predicted octanol–water partition coefficient (Wildman–Crippen LogP) is 4.27. The molecule has 27 heavy (non-hydrogen) atoms. The highest BCUT2D eigenvalue weighted by molar-refractivity contribution is 6.10. The van der Waals surface area contributed by atoms with Crippen molar-refractivity contribution in [2.75, 3.05) is 11.9 Å². The lowest BCUT2D eigenvalue weighted by atomic mass is 9.90. The number of halogens is 1. The van der Waals surface area contributed by atoms with Gasteiger partial charge >= 0.3 is 0 Å². The van der Waals surface area contributed by atoms with Crippen molar-refractivity contribution in [3.8, 4) is 0 Å². The molecule has 2 aromatic carbocycles. The molecule has 0 aromatic heterocycles. The molecule has 0 unspecified atom stereocenters. The van der Waals surface area contributed by atoms with Crippen LogP contribution in [0.15, 0.2) is 48.5 Å². The van der Waals surface area contributed by atoms with E-state index < -0.39 is 5.41 Å². The van der Waals surface area contributed by atoms with Crippen molar-refractivity contribution >= 4 is 17.5 Å². The summed E-state index contributed by atoms with van der Waals surface area (Å²) < 4.78 is 12.9. The highest BCUT2D eigenvalue weighted by atomic mass is 19.1. The third kappa shape index (κ3) is 5.39. The maximum Gasteiger partial charge on any atom is 0.239 e. The van der Waals surface area contributed by atoms with Gasteiger partial charge in [0.25, 0.3) is 0 Å². The number of nitrogens with one attached hydrogen (secondary N) is 2. The zero-order valence-electron chi connectivity index (χ0n) is 16.3. The fraction of sp³-hybridized carbons (Fsp3) is 0.364. The molecule has 2 N–H and O–H groups in total. The lowest BCUT2D eigenvalue weighted by Gasteiger charge is -2.24. The van der Waals surface area contributed by atoms with Crippen molar-refractivity contribution in [3.63, 3.8) is 0 Å². The minimum absolute atomic E-state index is 0.258. The van der Waals surface area contributed by atoms with Crippen molar-refractivity contribution in [2.24, 2.45) is 5.41 Å². The number of anilines is 1. The first-order chi connectivity index (χ1) is 12.7. The van der Waals surface area contributed by atoms with E-state index in [0.29, 0.717) is 13.0 Å². The predicted molar refractivity (Wildman–Crippen MR) is 106 cm³/mol. The average Bonchev–Trinajstić information content (AvgIpc) is 2.63. The Morgan fingerprint density at radius 2 is 1.63 bits per heavy atom. The second kappa shape index (κ2) is 8.80. The Labute approximate surface area is 160 Å². The largest absolute Gasteiger partial charge is 0.355 e. The third-order valence-corrected chi connectivity index (χ3v) is 4.58. The molecular weight excluding hydrogens is 343 g/mol. The number of benzene rings is 2. The number of carbonyl (C=O) groups is 2. The van der Waals surface area contributed by atoms with E-state index in [1.165, 1.54) is 12.1 Å². The van der Waals surface area contributed by atoms with E-state index in [-0.39, 0.29) is 23.5 Å². The van der Waals surface area contributed by atoms with E-state index in [1.807, 2.05) is 24.3 Å². The molecule has 2 aromatic rings. The van der Waals surface area contributed by atoms with Crippen LogP contribution >= 0.6 is 0 Å². The molecule has 0 spiro atoms. The van der Waals surface area contributed by atoms with Gasteiger partial charge in [0.1, 0.15) is 11.2 Å². The molecule has 0 bridgehead atoms. The molecule has 0 radical (unpaired) electrons. The topological polar surface area (TPSA) is 58.2 Å². The zero-order chi connectivity index (χ0) is 20.0. The Bertz CT molecular complexity index is 798. The molecule has 0 aliphatic heterocycles. The molecule has 0 aliphatic carbocycles. The first kappa shape index (κ1) is 20.6. The van der Waals surface area contributed by atoms with E-state index in [1.54, 1.807) is 26.0 Å². The minimum atomic E-state index is -1.22. The lowest BCUT2D eigenvalue weighted by molar-refractivity contribution is -0.138. The van der Waals surface area contributed by atoms with Crippen LogP contribution in [0.5, 0.6) is 0 Å². The summed E-state index contributed by atoms with van der Waals surface area (Å²) in [4.78, 5) is 25.2. The molecule has 0 aliphatic rings. The molecule has 0 fully saturated rings. The number of rotatable bonds is 7. The van der Waals surface area contributed by atoms with Gasteiger partial charge in [-0.1, -0.05) is 44.2 Å². The van der Waals surface area contributed by atoms with Gasteiger partial charge in [-0.15, -0.1) is 0 Å². The molecule has 0 saturated heterocycles. The fourth-order valence-electron chi connectivity index (χ4n) is 2.69. The smallest absolute Gasteiger partial charge is 0.239 e. The van der Waals surface area contributed by atoms with Crippen molar-refractivity contribution in [1.82, 2.24) is 5.32 Å². The Hall–Kier alpha value is -2.69. The van der Waals surface area contributed by atoms with E-state index in [4.69, 9.17) is 0 Å². The van der Waals surface area contributed by atoms with E-state index >= 15 is 0 Å². The molecule has 144 valence electrons. The van der Waals surface area contributed by atoms with Gasteiger partial charge in [-0.05, 0) is 55.5 Å². The van der Waals surface area contributed by atoms with Gasteiger partial charge < -0.3 is 10.6 Å². The summed E-state index contributed by atoms with van der Waals surface area (Å²) in [5, 5.41) is 5.68. The number of carbonyl (C=O) groups excluding carboxylic acids is 2. The van der Waals surface area contributed by atoms with Crippen molar-refractivity contribution < 1.29 is 14.0 Å². The van der Waals surface area contributed by atoms with Crippen LogP contribution in [0.3, 0.4) is 0 Å². The van der Waals surface area contributed by atoms with E-state index in [0.717, 1.165) is 16.8 Å². The highest BCUT2D eigenvalue weighted by Crippen LogP contribution is 2.26. The maximum absolute atomic E-state index is 12.9. The van der Waals surface area contributed by atoms with Crippen LogP contribution in [0.25, 0.3) is 0 Å². The van der Waals surface area contributed by atoms with Crippen molar-refractivity contribution in [1.29, 1.82) is 0 Å². The molecule has 0 saturated carbocycles. The van der Waals surface area contributed by atoms with Gasteiger partial charge in [-0.25, -0.2) is 4.39 Å². The van der Waals surface area contributed by atoms with E-state index in [9.17, 15) is 14.0 Å². The number of hydrogen-bond donors (Lipinski definition) is 2. The summed E-state index contributed by atoms with van der Waals surface area (Å²) in [7, 11) is 0. The van der Waals surface area contributed by atoms with Gasteiger partial charge in [-0.2, -0.15) is 0 Å². The third-order valence-electron chi connectivity index (χ3n) is 4.58. The van der Waals surface area contributed by atoms with Crippen molar-refractivity contribution in [2.45, 2.75) is 40.0 Å². The molecule has 0 heterocycles. The molecule has 2 rings (SSSR count). The number of amides is 2.